The predicted molar refractivity (Wildman–Crippen MR) is 108 cm³/mol. The Morgan fingerprint density at radius 2 is 1.78 bits per heavy atom. The normalized spacial score (nSPS) is 11.2. The van der Waals surface area contributed by atoms with Crippen LogP contribution in [-0.2, 0) is 6.54 Å². The zero-order valence-corrected chi connectivity index (χ0v) is 15.7. The van der Waals surface area contributed by atoms with Gasteiger partial charge in [0.25, 0.3) is 11.1 Å². The number of halogens is 1. The molecule has 0 aliphatic rings. The molecule has 0 spiro atoms. The maximum atomic E-state index is 13.0. The first kappa shape index (κ1) is 17.4. The van der Waals surface area contributed by atoms with Gasteiger partial charge in [0.1, 0.15) is 0 Å². The highest BCUT2D eigenvalue weighted by atomic mass is 35.5. The fourth-order valence-electron chi connectivity index (χ4n) is 3.35. The molecule has 0 radical (unpaired) electrons. The monoisotopic (exact) mass is 379 g/mol. The Morgan fingerprint density at radius 3 is 2.52 bits per heavy atom. The number of aryl methyl sites for hydroxylation is 2. The first-order chi connectivity index (χ1) is 13.0. The number of benzene rings is 2. The van der Waals surface area contributed by atoms with E-state index in [4.69, 9.17) is 11.6 Å². The van der Waals surface area contributed by atoms with Gasteiger partial charge in [0.15, 0.2) is 0 Å². The van der Waals surface area contributed by atoms with Crippen LogP contribution in [0.1, 0.15) is 16.8 Å². The van der Waals surface area contributed by atoms with Gasteiger partial charge in [-0.25, -0.2) is 4.68 Å². The number of H-pyrrole nitrogens is 1. The highest BCUT2D eigenvalue weighted by molar-refractivity contribution is 6.31. The number of aromatic nitrogens is 3. The van der Waals surface area contributed by atoms with Gasteiger partial charge in [0.05, 0.1) is 23.1 Å². The fourth-order valence-corrected chi connectivity index (χ4v) is 3.55. The van der Waals surface area contributed by atoms with Crippen LogP contribution in [0.2, 0.25) is 5.02 Å². The third kappa shape index (κ3) is 3.00. The number of aromatic amines is 1. The summed E-state index contributed by atoms with van der Waals surface area (Å²) in [6.07, 6.45) is 0. The lowest BCUT2D eigenvalue weighted by Gasteiger charge is -2.11. The quantitative estimate of drug-likeness (QED) is 0.588. The minimum absolute atomic E-state index is 0.180. The minimum atomic E-state index is -0.183. The number of hydrogen-bond acceptors (Lipinski definition) is 2. The van der Waals surface area contributed by atoms with Crippen molar-refractivity contribution in [2.24, 2.45) is 0 Å². The lowest BCUT2D eigenvalue weighted by atomic mass is 10.2. The van der Waals surface area contributed by atoms with Gasteiger partial charge in [-0.2, -0.15) is 0 Å². The van der Waals surface area contributed by atoms with Crippen molar-refractivity contribution in [3.8, 4) is 5.69 Å². The average Bonchev–Trinajstić information content (AvgIpc) is 2.96. The fraction of sp³-hybridized carbons (Fsp3) is 0.143. The summed E-state index contributed by atoms with van der Waals surface area (Å²) in [4.78, 5) is 25.7. The van der Waals surface area contributed by atoms with Crippen molar-refractivity contribution in [2.75, 3.05) is 0 Å². The molecule has 0 aliphatic heterocycles. The number of fused-ring (bicyclic) bond motifs is 1. The molecule has 0 fully saturated rings. The zero-order valence-electron chi connectivity index (χ0n) is 15.0. The number of nitrogens with zero attached hydrogens (tertiary/aromatic N) is 2. The third-order valence-corrected chi connectivity index (χ3v) is 5.13. The molecule has 0 amide bonds. The molecule has 0 saturated heterocycles. The van der Waals surface area contributed by atoms with E-state index in [9.17, 15) is 9.59 Å². The number of rotatable bonds is 3. The predicted octanol–water partition coefficient (Wildman–Crippen LogP) is 3.80. The van der Waals surface area contributed by atoms with Gasteiger partial charge in [-0.15, -0.1) is 0 Å². The van der Waals surface area contributed by atoms with E-state index in [1.807, 2.05) is 49.4 Å². The molecule has 2 heterocycles. The Kier molecular flexibility index (Phi) is 4.24. The zero-order chi connectivity index (χ0) is 19.1. The van der Waals surface area contributed by atoms with Crippen molar-refractivity contribution in [3.63, 3.8) is 0 Å². The second-order valence-corrected chi connectivity index (χ2v) is 7.03. The molecule has 2 aromatic carbocycles. The molecule has 0 aliphatic carbocycles. The van der Waals surface area contributed by atoms with Gasteiger partial charge < -0.3 is 4.57 Å². The summed E-state index contributed by atoms with van der Waals surface area (Å²) in [7, 11) is 0. The number of nitrogens with one attached hydrogen (secondary N) is 1. The molecule has 0 saturated carbocycles. The molecule has 4 aromatic rings. The molecule has 0 unspecified atom stereocenters. The van der Waals surface area contributed by atoms with Crippen molar-refractivity contribution >= 4 is 22.5 Å². The Bertz CT molecular complexity index is 1280. The summed E-state index contributed by atoms with van der Waals surface area (Å²) in [5.74, 6) is 0. The highest BCUT2D eigenvalue weighted by Crippen LogP contribution is 2.19. The number of hydrogen-bond donors (Lipinski definition) is 1. The SMILES string of the molecule is Cc1cccc(-n2[nH]c3cc(=O)n(Cc4ccccc4Cl)c(C)c3c2=O)c1. The Morgan fingerprint density at radius 1 is 1.00 bits per heavy atom. The molecule has 136 valence electrons. The molecule has 4 rings (SSSR count). The van der Waals surface area contributed by atoms with Crippen LogP contribution in [0, 0.1) is 13.8 Å². The van der Waals surface area contributed by atoms with Crippen LogP contribution in [0.3, 0.4) is 0 Å². The van der Waals surface area contributed by atoms with Crippen LogP contribution in [0.25, 0.3) is 16.6 Å². The summed E-state index contributed by atoms with van der Waals surface area (Å²) in [6.45, 7) is 4.07. The van der Waals surface area contributed by atoms with Gasteiger partial charge in [0, 0.05) is 16.8 Å². The van der Waals surface area contributed by atoms with Gasteiger partial charge >= 0.3 is 0 Å². The van der Waals surface area contributed by atoms with Crippen molar-refractivity contribution < 1.29 is 0 Å². The summed E-state index contributed by atoms with van der Waals surface area (Å²) in [6, 6.07) is 16.5. The molecule has 0 bridgehead atoms. The lowest BCUT2D eigenvalue weighted by molar-refractivity contribution is 0.738. The Balaban J connectivity index is 1.92. The smallest absolute Gasteiger partial charge is 0.280 e. The molecule has 1 N–H and O–H groups in total. The van der Waals surface area contributed by atoms with Crippen molar-refractivity contribution in [1.29, 1.82) is 0 Å². The van der Waals surface area contributed by atoms with Gasteiger partial charge in [-0.05, 0) is 43.2 Å². The second kappa shape index (κ2) is 6.59. The molecular formula is C21H18ClN3O2. The van der Waals surface area contributed by atoms with Crippen LogP contribution in [-0.4, -0.2) is 14.3 Å². The minimum Gasteiger partial charge on any atom is -0.308 e. The van der Waals surface area contributed by atoms with Crippen LogP contribution in [0.5, 0.6) is 0 Å². The number of pyridine rings is 1. The van der Waals surface area contributed by atoms with E-state index in [-0.39, 0.29) is 11.1 Å². The largest absolute Gasteiger partial charge is 0.308 e. The van der Waals surface area contributed by atoms with Crippen molar-refractivity contribution in [3.05, 3.63) is 97.1 Å². The average molecular weight is 380 g/mol. The summed E-state index contributed by atoms with van der Waals surface area (Å²) in [5, 5.41) is 4.15. The molecular weight excluding hydrogens is 362 g/mol. The van der Waals surface area contributed by atoms with E-state index in [1.54, 1.807) is 17.6 Å². The second-order valence-electron chi connectivity index (χ2n) is 6.63. The van der Waals surface area contributed by atoms with E-state index < -0.39 is 0 Å². The van der Waals surface area contributed by atoms with Crippen LogP contribution >= 0.6 is 11.6 Å². The van der Waals surface area contributed by atoms with Crippen molar-refractivity contribution in [1.82, 2.24) is 14.3 Å². The molecule has 6 heteroatoms. The highest BCUT2D eigenvalue weighted by Gasteiger charge is 2.16. The van der Waals surface area contributed by atoms with E-state index >= 15 is 0 Å². The summed E-state index contributed by atoms with van der Waals surface area (Å²) >= 11 is 6.24. The van der Waals surface area contributed by atoms with Gasteiger partial charge in [-0.3, -0.25) is 14.7 Å². The molecule has 2 aromatic heterocycles. The Labute approximate surface area is 160 Å². The lowest BCUT2D eigenvalue weighted by Crippen LogP contribution is -2.24. The van der Waals surface area contributed by atoms with E-state index in [0.717, 1.165) is 16.8 Å². The van der Waals surface area contributed by atoms with Crippen molar-refractivity contribution in [2.45, 2.75) is 20.4 Å². The van der Waals surface area contributed by atoms with Crippen LogP contribution in [0.15, 0.2) is 64.2 Å². The van der Waals surface area contributed by atoms with Crippen LogP contribution in [0.4, 0.5) is 0 Å². The van der Waals surface area contributed by atoms with Gasteiger partial charge in [0.2, 0.25) is 0 Å². The van der Waals surface area contributed by atoms with E-state index in [2.05, 4.69) is 5.10 Å². The molecule has 0 atom stereocenters. The van der Waals surface area contributed by atoms with E-state index in [1.165, 1.54) is 10.7 Å². The first-order valence-electron chi connectivity index (χ1n) is 8.61. The maximum absolute atomic E-state index is 13.0. The third-order valence-electron chi connectivity index (χ3n) is 4.77. The molecule has 27 heavy (non-hydrogen) atoms. The topological polar surface area (TPSA) is 59.8 Å². The van der Waals surface area contributed by atoms with E-state index in [0.29, 0.717) is 28.2 Å². The van der Waals surface area contributed by atoms with Crippen LogP contribution < -0.4 is 11.1 Å². The summed E-state index contributed by atoms with van der Waals surface area (Å²) in [5.41, 5.74) is 3.40. The first-order valence-corrected chi connectivity index (χ1v) is 8.99. The Hall–Kier alpha value is -3.05. The maximum Gasteiger partial charge on any atom is 0.280 e. The van der Waals surface area contributed by atoms with Gasteiger partial charge in [-0.1, -0.05) is 41.9 Å². The summed E-state index contributed by atoms with van der Waals surface area (Å²) < 4.78 is 3.06. The molecule has 5 nitrogen and oxygen atoms in total. The standard InChI is InChI=1S/C21H18ClN3O2/c1-13-6-5-8-16(10-13)25-21(27)20-14(2)24(19(26)11-18(20)23-25)12-15-7-3-4-9-17(15)22/h3-11,23H,12H2,1-2H3.